The number of benzene rings is 1. The molecule has 4 N–H and O–H groups in total. The normalized spacial score (nSPS) is 13.7. The van der Waals surface area contributed by atoms with Gasteiger partial charge in [-0.05, 0) is 31.9 Å². The summed E-state index contributed by atoms with van der Waals surface area (Å²) in [5, 5.41) is 11.5. The number of hydrogen-bond donors (Lipinski definition) is 3. The topological polar surface area (TPSA) is 84.6 Å². The molecule has 5 nitrogen and oxygen atoms in total. The van der Waals surface area contributed by atoms with Gasteiger partial charge in [0.25, 0.3) is 0 Å². The van der Waals surface area contributed by atoms with Crippen LogP contribution in [0, 0.1) is 13.8 Å². The first-order valence-corrected chi connectivity index (χ1v) is 6.31. The van der Waals surface area contributed by atoms with Gasteiger partial charge in [-0.1, -0.05) is 18.2 Å². The number of nitrogens with two attached hydrogens (primary N) is 1. The fourth-order valence-electron chi connectivity index (χ4n) is 1.71. The van der Waals surface area contributed by atoms with Crippen LogP contribution in [0.25, 0.3) is 0 Å². The lowest BCUT2D eigenvalue weighted by Crippen LogP contribution is -2.47. The Bertz CT molecular complexity index is 414. The highest BCUT2D eigenvalue weighted by atomic mass is 16.5. The average molecular weight is 266 g/mol. The third-order valence-electron chi connectivity index (χ3n) is 2.81. The van der Waals surface area contributed by atoms with Crippen LogP contribution in [0.15, 0.2) is 18.2 Å². The molecule has 0 spiro atoms. The van der Waals surface area contributed by atoms with Gasteiger partial charge in [0, 0.05) is 0 Å². The van der Waals surface area contributed by atoms with Crippen LogP contribution < -0.4 is 15.8 Å². The second-order valence-electron chi connectivity index (χ2n) is 4.73. The van der Waals surface area contributed by atoms with E-state index in [1.54, 1.807) is 0 Å². The lowest BCUT2D eigenvalue weighted by Gasteiger charge is -2.18. The van der Waals surface area contributed by atoms with E-state index in [9.17, 15) is 4.79 Å². The van der Waals surface area contributed by atoms with Gasteiger partial charge in [-0.25, -0.2) is 0 Å². The number of rotatable bonds is 6. The number of aliphatic hydroxyl groups excluding tert-OH is 1. The summed E-state index contributed by atoms with van der Waals surface area (Å²) in [6.07, 6.45) is 0. The zero-order valence-electron chi connectivity index (χ0n) is 11.6. The highest BCUT2D eigenvalue weighted by molar-refractivity contribution is 5.81. The Labute approximate surface area is 113 Å². The van der Waals surface area contributed by atoms with Crippen LogP contribution in [-0.4, -0.2) is 36.3 Å². The second-order valence-corrected chi connectivity index (χ2v) is 4.73. The summed E-state index contributed by atoms with van der Waals surface area (Å²) in [7, 11) is 0. The van der Waals surface area contributed by atoms with E-state index in [0.717, 1.165) is 16.9 Å². The molecule has 1 aromatic rings. The summed E-state index contributed by atoms with van der Waals surface area (Å²) in [5.74, 6) is 0.468. The maximum absolute atomic E-state index is 11.5. The molecule has 0 radical (unpaired) electrons. The lowest BCUT2D eigenvalue weighted by atomic mass is 10.1. The fraction of sp³-hybridized carbons (Fsp3) is 0.500. The number of aryl methyl sites for hydroxylation is 2. The van der Waals surface area contributed by atoms with E-state index in [4.69, 9.17) is 15.6 Å². The van der Waals surface area contributed by atoms with Gasteiger partial charge in [0.2, 0.25) is 5.91 Å². The minimum absolute atomic E-state index is 0.177. The van der Waals surface area contributed by atoms with Gasteiger partial charge in [0.05, 0.1) is 12.6 Å². The van der Waals surface area contributed by atoms with Gasteiger partial charge in [0.15, 0.2) is 0 Å². The monoisotopic (exact) mass is 266 g/mol. The molecule has 0 fully saturated rings. The summed E-state index contributed by atoms with van der Waals surface area (Å²) < 4.78 is 5.73. The SMILES string of the molecule is Cc1cccc(C)c1OCC(C)NC(=O)[C@@H](N)CO. The Hall–Kier alpha value is -1.59. The number of amides is 1. The number of ether oxygens (including phenoxy) is 1. The number of carbonyl (C=O) groups is 1. The van der Waals surface area contributed by atoms with Crippen LogP contribution in [-0.2, 0) is 4.79 Å². The van der Waals surface area contributed by atoms with Crippen LogP contribution in [0.1, 0.15) is 18.1 Å². The maximum Gasteiger partial charge on any atom is 0.239 e. The molecule has 0 aliphatic rings. The third kappa shape index (κ3) is 4.54. The molecule has 1 aromatic carbocycles. The molecule has 1 rings (SSSR count). The van der Waals surface area contributed by atoms with Crippen LogP contribution in [0.2, 0.25) is 0 Å². The summed E-state index contributed by atoms with van der Waals surface area (Å²) >= 11 is 0. The number of aliphatic hydroxyl groups is 1. The predicted octanol–water partition coefficient (Wildman–Crippen LogP) is 0.507. The zero-order valence-corrected chi connectivity index (χ0v) is 11.6. The number of carbonyl (C=O) groups excluding carboxylic acids is 1. The van der Waals surface area contributed by atoms with Crippen LogP contribution >= 0.6 is 0 Å². The van der Waals surface area contributed by atoms with Crippen LogP contribution in [0.3, 0.4) is 0 Å². The molecule has 0 aliphatic carbocycles. The largest absolute Gasteiger partial charge is 0.491 e. The van der Waals surface area contributed by atoms with Gasteiger partial charge in [-0.15, -0.1) is 0 Å². The van der Waals surface area contributed by atoms with Crippen molar-refractivity contribution in [2.75, 3.05) is 13.2 Å². The fourth-order valence-corrected chi connectivity index (χ4v) is 1.71. The Kier molecular flexibility index (Phi) is 5.79. The number of para-hydroxylation sites is 1. The zero-order chi connectivity index (χ0) is 14.4. The van der Waals surface area contributed by atoms with E-state index in [-0.39, 0.29) is 18.6 Å². The standard InChI is InChI=1S/C14H22N2O3/c1-9-5-4-6-10(2)13(9)19-8-11(3)16-14(18)12(15)7-17/h4-6,11-12,17H,7-8,15H2,1-3H3,(H,16,18)/t11?,12-/m0/s1. The van der Waals surface area contributed by atoms with Gasteiger partial charge < -0.3 is 20.9 Å². The molecular weight excluding hydrogens is 244 g/mol. The van der Waals surface area contributed by atoms with Crippen molar-refractivity contribution in [1.82, 2.24) is 5.32 Å². The highest BCUT2D eigenvalue weighted by Crippen LogP contribution is 2.22. The van der Waals surface area contributed by atoms with E-state index in [2.05, 4.69) is 5.32 Å². The van der Waals surface area contributed by atoms with Crippen LogP contribution in [0.5, 0.6) is 5.75 Å². The highest BCUT2D eigenvalue weighted by Gasteiger charge is 2.15. The first kappa shape index (κ1) is 15.5. The second kappa shape index (κ2) is 7.11. The molecule has 2 atom stereocenters. The predicted molar refractivity (Wildman–Crippen MR) is 74.1 cm³/mol. The molecule has 0 aliphatic heterocycles. The Morgan fingerprint density at radius 3 is 2.53 bits per heavy atom. The van der Waals surface area contributed by atoms with Crippen molar-refractivity contribution in [1.29, 1.82) is 0 Å². The van der Waals surface area contributed by atoms with E-state index in [0.29, 0.717) is 6.61 Å². The van der Waals surface area contributed by atoms with E-state index in [1.165, 1.54) is 0 Å². The van der Waals surface area contributed by atoms with Crippen LogP contribution in [0.4, 0.5) is 0 Å². The summed E-state index contributed by atoms with van der Waals surface area (Å²) in [6, 6.07) is 4.87. The molecular formula is C14H22N2O3. The molecule has 19 heavy (non-hydrogen) atoms. The molecule has 0 bridgehead atoms. The van der Waals surface area contributed by atoms with Gasteiger partial charge in [-0.3, -0.25) is 4.79 Å². The van der Waals surface area contributed by atoms with E-state index >= 15 is 0 Å². The molecule has 5 heteroatoms. The van der Waals surface area contributed by atoms with E-state index in [1.807, 2.05) is 39.0 Å². The van der Waals surface area contributed by atoms with Crippen molar-refractivity contribution in [3.8, 4) is 5.75 Å². The first-order valence-electron chi connectivity index (χ1n) is 6.31. The molecule has 0 saturated heterocycles. The quantitative estimate of drug-likeness (QED) is 0.700. The van der Waals surface area contributed by atoms with Gasteiger partial charge in [0.1, 0.15) is 18.4 Å². The van der Waals surface area contributed by atoms with Gasteiger partial charge >= 0.3 is 0 Å². The summed E-state index contributed by atoms with van der Waals surface area (Å²) in [5.41, 5.74) is 7.54. The van der Waals surface area contributed by atoms with Crippen molar-refractivity contribution in [2.24, 2.45) is 5.73 Å². The van der Waals surface area contributed by atoms with Gasteiger partial charge in [-0.2, -0.15) is 0 Å². The first-order chi connectivity index (χ1) is 8.95. The molecule has 106 valence electrons. The summed E-state index contributed by atoms with van der Waals surface area (Å²) in [6.45, 7) is 5.78. The summed E-state index contributed by atoms with van der Waals surface area (Å²) in [4.78, 5) is 11.5. The van der Waals surface area contributed by atoms with Crippen molar-refractivity contribution >= 4 is 5.91 Å². The molecule has 0 saturated carbocycles. The molecule has 0 heterocycles. The smallest absolute Gasteiger partial charge is 0.239 e. The Morgan fingerprint density at radius 1 is 1.42 bits per heavy atom. The molecule has 1 amide bonds. The number of nitrogens with one attached hydrogen (secondary N) is 1. The minimum Gasteiger partial charge on any atom is -0.491 e. The Morgan fingerprint density at radius 2 is 2.00 bits per heavy atom. The average Bonchev–Trinajstić information content (AvgIpc) is 2.37. The molecule has 0 aromatic heterocycles. The van der Waals surface area contributed by atoms with E-state index < -0.39 is 6.04 Å². The van der Waals surface area contributed by atoms with Crippen molar-refractivity contribution < 1.29 is 14.6 Å². The number of hydrogen-bond acceptors (Lipinski definition) is 4. The molecule has 1 unspecified atom stereocenters. The maximum atomic E-state index is 11.5. The minimum atomic E-state index is -0.886. The Balaban J connectivity index is 2.51. The van der Waals surface area contributed by atoms with Crippen molar-refractivity contribution in [3.05, 3.63) is 29.3 Å². The van der Waals surface area contributed by atoms with Crippen molar-refractivity contribution in [2.45, 2.75) is 32.9 Å². The third-order valence-corrected chi connectivity index (χ3v) is 2.81. The lowest BCUT2D eigenvalue weighted by molar-refractivity contribution is -0.123. The van der Waals surface area contributed by atoms with Crippen molar-refractivity contribution in [3.63, 3.8) is 0 Å².